The quantitative estimate of drug-likeness (QED) is 0.291. The van der Waals surface area contributed by atoms with Gasteiger partial charge in [-0.1, -0.05) is 57.0 Å². The molecule has 0 aromatic heterocycles. The molecule has 0 bridgehead atoms. The molecule has 1 fully saturated rings. The molecule has 1 aliphatic rings. The van der Waals surface area contributed by atoms with Gasteiger partial charge >= 0.3 is 5.97 Å². The first-order chi connectivity index (χ1) is 15.9. The third-order valence-corrected chi connectivity index (χ3v) is 6.61. The first-order valence-corrected chi connectivity index (χ1v) is 11.5. The van der Waals surface area contributed by atoms with Crippen molar-refractivity contribution in [2.24, 2.45) is 5.92 Å². The van der Waals surface area contributed by atoms with Crippen molar-refractivity contribution in [3.8, 4) is 16.9 Å². The number of ether oxygens (including phenoxy) is 1. The summed E-state index contributed by atoms with van der Waals surface area (Å²) in [4.78, 5) is 12.3. The fraction of sp³-hybridized carbons (Fsp3) is 0.321. The van der Waals surface area contributed by atoms with Gasteiger partial charge in [0, 0.05) is 5.56 Å². The minimum atomic E-state index is -0.867. The van der Waals surface area contributed by atoms with E-state index >= 15 is 0 Å². The SMILES string of the molecule is CCc1ccc(C(=O)Oc2ccc(-c3ccc(C4CCC(C)CC4)c(F)c3F)cc2)c(F)c1. The second kappa shape index (κ2) is 9.82. The molecule has 5 heteroatoms. The highest BCUT2D eigenvalue weighted by molar-refractivity contribution is 5.91. The standard InChI is InChI=1S/C28H27F3O2/c1-3-18-6-13-24(25(29)16-18)28(32)33-21-11-9-20(10-12-21)23-15-14-22(26(30)27(23)31)19-7-4-17(2)5-8-19/h6,9-17,19H,3-5,7-8H2,1-2H3. The Kier molecular flexibility index (Phi) is 6.87. The lowest BCUT2D eigenvalue weighted by atomic mass is 9.79. The van der Waals surface area contributed by atoms with Crippen LogP contribution in [0.4, 0.5) is 13.2 Å². The highest BCUT2D eigenvalue weighted by Crippen LogP contribution is 2.38. The van der Waals surface area contributed by atoms with Crippen LogP contribution in [0, 0.1) is 23.4 Å². The monoisotopic (exact) mass is 452 g/mol. The molecule has 3 aromatic carbocycles. The van der Waals surface area contributed by atoms with Gasteiger partial charge in [0.2, 0.25) is 0 Å². The van der Waals surface area contributed by atoms with Gasteiger partial charge in [0.25, 0.3) is 0 Å². The first kappa shape index (κ1) is 23.1. The van der Waals surface area contributed by atoms with Gasteiger partial charge in [-0.15, -0.1) is 0 Å². The van der Waals surface area contributed by atoms with E-state index in [1.807, 2.05) is 6.92 Å². The van der Waals surface area contributed by atoms with E-state index in [0.717, 1.165) is 31.2 Å². The van der Waals surface area contributed by atoms with Gasteiger partial charge in [-0.05, 0) is 72.1 Å². The van der Waals surface area contributed by atoms with Crippen LogP contribution in [-0.2, 0) is 6.42 Å². The molecule has 1 saturated carbocycles. The van der Waals surface area contributed by atoms with E-state index in [4.69, 9.17) is 4.74 Å². The minimum absolute atomic E-state index is 0.0540. The van der Waals surface area contributed by atoms with Crippen LogP contribution in [0.2, 0.25) is 0 Å². The molecule has 1 aliphatic carbocycles. The van der Waals surface area contributed by atoms with E-state index in [0.29, 0.717) is 23.5 Å². The number of hydrogen-bond donors (Lipinski definition) is 0. The maximum Gasteiger partial charge on any atom is 0.346 e. The summed E-state index contributed by atoms with van der Waals surface area (Å²) in [6.07, 6.45) is 4.46. The number of rotatable bonds is 5. The molecule has 0 aliphatic heterocycles. The van der Waals surface area contributed by atoms with Crippen LogP contribution in [0.3, 0.4) is 0 Å². The maximum atomic E-state index is 14.9. The first-order valence-electron chi connectivity index (χ1n) is 11.5. The number of carbonyl (C=O) groups excluding carboxylic acids is 1. The van der Waals surface area contributed by atoms with Crippen molar-refractivity contribution in [3.63, 3.8) is 0 Å². The summed E-state index contributed by atoms with van der Waals surface area (Å²) in [5.74, 6) is -2.22. The zero-order valence-corrected chi connectivity index (χ0v) is 18.8. The second-order valence-corrected chi connectivity index (χ2v) is 8.87. The Hall–Kier alpha value is -3.08. The summed E-state index contributed by atoms with van der Waals surface area (Å²) in [5, 5.41) is 0. The molecule has 2 nitrogen and oxygen atoms in total. The molecule has 0 N–H and O–H groups in total. The predicted molar refractivity (Wildman–Crippen MR) is 123 cm³/mol. The normalized spacial score (nSPS) is 18.2. The average Bonchev–Trinajstić information content (AvgIpc) is 2.82. The van der Waals surface area contributed by atoms with Crippen molar-refractivity contribution in [1.82, 2.24) is 0 Å². The zero-order valence-electron chi connectivity index (χ0n) is 18.8. The number of benzene rings is 3. The fourth-order valence-electron chi connectivity index (χ4n) is 4.48. The third-order valence-electron chi connectivity index (χ3n) is 6.61. The second-order valence-electron chi connectivity index (χ2n) is 8.87. The number of carbonyl (C=O) groups is 1. The van der Waals surface area contributed by atoms with E-state index in [-0.39, 0.29) is 22.8 Å². The van der Waals surface area contributed by atoms with Crippen molar-refractivity contribution in [2.45, 2.75) is 51.9 Å². The van der Waals surface area contributed by atoms with E-state index in [9.17, 15) is 18.0 Å². The van der Waals surface area contributed by atoms with Crippen molar-refractivity contribution in [2.75, 3.05) is 0 Å². The molecule has 172 valence electrons. The van der Waals surface area contributed by atoms with Gasteiger partial charge in [0.15, 0.2) is 11.6 Å². The molecule has 0 saturated heterocycles. The van der Waals surface area contributed by atoms with E-state index in [2.05, 4.69) is 6.92 Å². The molecule has 0 spiro atoms. The molecule has 0 unspecified atom stereocenters. The average molecular weight is 453 g/mol. The Balaban J connectivity index is 1.50. The summed E-state index contributed by atoms with van der Waals surface area (Å²) < 4.78 is 49.2. The Labute approximate surface area is 192 Å². The number of esters is 1. The smallest absolute Gasteiger partial charge is 0.346 e. The van der Waals surface area contributed by atoms with Crippen LogP contribution in [-0.4, -0.2) is 5.97 Å². The molecular weight excluding hydrogens is 425 g/mol. The summed E-state index contributed by atoms with van der Waals surface area (Å²) in [7, 11) is 0. The Morgan fingerprint density at radius 2 is 1.61 bits per heavy atom. The summed E-state index contributed by atoms with van der Waals surface area (Å²) in [5.41, 5.74) is 1.70. The molecule has 0 amide bonds. The van der Waals surface area contributed by atoms with Crippen molar-refractivity contribution in [1.29, 1.82) is 0 Å². The zero-order chi connectivity index (χ0) is 23.5. The predicted octanol–water partition coefficient (Wildman–Crippen LogP) is 7.85. The largest absolute Gasteiger partial charge is 0.423 e. The van der Waals surface area contributed by atoms with Crippen LogP contribution < -0.4 is 4.74 Å². The number of halogens is 3. The van der Waals surface area contributed by atoms with Gasteiger partial charge in [-0.25, -0.2) is 18.0 Å². The van der Waals surface area contributed by atoms with E-state index in [1.165, 1.54) is 24.3 Å². The van der Waals surface area contributed by atoms with Crippen LogP contribution in [0.15, 0.2) is 54.6 Å². The maximum absolute atomic E-state index is 14.9. The highest BCUT2D eigenvalue weighted by Gasteiger charge is 2.25. The van der Waals surface area contributed by atoms with Crippen molar-refractivity contribution in [3.05, 3.63) is 88.7 Å². The number of hydrogen-bond acceptors (Lipinski definition) is 2. The van der Waals surface area contributed by atoms with E-state index < -0.39 is 23.4 Å². The Bertz CT molecular complexity index is 1150. The molecule has 0 atom stereocenters. The van der Waals surface area contributed by atoms with Crippen molar-refractivity contribution < 1.29 is 22.7 Å². The van der Waals surface area contributed by atoms with Gasteiger partial charge < -0.3 is 4.74 Å². The molecule has 33 heavy (non-hydrogen) atoms. The minimum Gasteiger partial charge on any atom is -0.423 e. The van der Waals surface area contributed by atoms with Gasteiger partial charge in [0.1, 0.15) is 11.6 Å². The molecule has 0 radical (unpaired) electrons. The lowest BCUT2D eigenvalue weighted by molar-refractivity contribution is 0.0730. The van der Waals surface area contributed by atoms with Crippen LogP contribution in [0.5, 0.6) is 5.75 Å². The Morgan fingerprint density at radius 3 is 2.24 bits per heavy atom. The fourth-order valence-corrected chi connectivity index (χ4v) is 4.48. The van der Waals surface area contributed by atoms with Crippen molar-refractivity contribution >= 4 is 5.97 Å². The highest BCUT2D eigenvalue weighted by atomic mass is 19.2. The van der Waals surface area contributed by atoms with E-state index in [1.54, 1.807) is 30.3 Å². The van der Waals surface area contributed by atoms with Crippen LogP contribution >= 0.6 is 0 Å². The number of aryl methyl sites for hydroxylation is 1. The summed E-state index contributed by atoms with van der Waals surface area (Å²) in [6.45, 7) is 4.09. The van der Waals surface area contributed by atoms with Gasteiger partial charge in [-0.2, -0.15) is 0 Å². The molecular formula is C28H27F3O2. The lowest BCUT2D eigenvalue weighted by Crippen LogP contribution is -2.13. The molecule has 0 heterocycles. The topological polar surface area (TPSA) is 26.3 Å². The molecule has 4 rings (SSSR count). The Morgan fingerprint density at radius 1 is 0.909 bits per heavy atom. The summed E-state index contributed by atoms with van der Waals surface area (Å²) in [6, 6.07) is 13.8. The van der Waals surface area contributed by atoms with Crippen LogP contribution in [0.25, 0.3) is 11.1 Å². The molecule has 3 aromatic rings. The van der Waals surface area contributed by atoms with Gasteiger partial charge in [0.05, 0.1) is 5.56 Å². The van der Waals surface area contributed by atoms with Gasteiger partial charge in [-0.3, -0.25) is 0 Å². The third kappa shape index (κ3) is 4.97. The van der Waals surface area contributed by atoms with Crippen LogP contribution in [0.1, 0.15) is 66.9 Å². The lowest BCUT2D eigenvalue weighted by Gasteiger charge is -2.27. The summed E-state index contributed by atoms with van der Waals surface area (Å²) >= 11 is 0.